The summed E-state index contributed by atoms with van der Waals surface area (Å²) in [5.41, 5.74) is 5.47. The van der Waals surface area contributed by atoms with Crippen molar-refractivity contribution in [1.82, 2.24) is 9.38 Å². The summed E-state index contributed by atoms with van der Waals surface area (Å²) in [4.78, 5) is 4.78. The van der Waals surface area contributed by atoms with Crippen LogP contribution in [-0.2, 0) is 6.61 Å². The Morgan fingerprint density at radius 3 is 3.00 bits per heavy atom. The summed E-state index contributed by atoms with van der Waals surface area (Å²) in [6.45, 7) is 2.66. The lowest BCUT2D eigenvalue weighted by atomic mass is 10.1. The third-order valence-electron chi connectivity index (χ3n) is 3.45. The van der Waals surface area contributed by atoms with Gasteiger partial charge in [0.05, 0.1) is 11.4 Å². The quantitative estimate of drug-likeness (QED) is 0.599. The van der Waals surface area contributed by atoms with Crippen molar-refractivity contribution in [2.45, 2.75) is 13.5 Å². The number of benzene rings is 1. The van der Waals surface area contributed by atoms with Crippen molar-refractivity contribution in [1.29, 1.82) is 0 Å². The van der Waals surface area contributed by atoms with Crippen molar-refractivity contribution in [3.05, 3.63) is 53.9 Å². The second kappa shape index (κ2) is 3.35. The summed E-state index contributed by atoms with van der Waals surface area (Å²) in [5.74, 6) is 0.922. The Labute approximate surface area is 105 Å². The fourth-order valence-electron chi connectivity index (χ4n) is 2.54. The second-order valence-corrected chi connectivity index (χ2v) is 4.58. The minimum Gasteiger partial charge on any atom is -0.487 e. The van der Waals surface area contributed by atoms with Crippen LogP contribution < -0.4 is 4.74 Å². The first kappa shape index (κ1) is 9.71. The minimum absolute atomic E-state index is 0.580. The van der Waals surface area contributed by atoms with Gasteiger partial charge < -0.3 is 4.74 Å². The molecule has 0 radical (unpaired) electrons. The van der Waals surface area contributed by atoms with Crippen LogP contribution in [0.5, 0.6) is 5.75 Å². The number of nitrogens with zero attached hydrogens (tertiary/aromatic N) is 2. The van der Waals surface area contributed by atoms with E-state index in [0.717, 1.165) is 28.3 Å². The molecule has 3 heterocycles. The first-order valence-electron chi connectivity index (χ1n) is 6.03. The van der Waals surface area contributed by atoms with E-state index in [0.29, 0.717) is 6.61 Å². The highest BCUT2D eigenvalue weighted by molar-refractivity contribution is 5.74. The molecule has 4 rings (SSSR count). The molecule has 0 atom stereocenters. The van der Waals surface area contributed by atoms with Gasteiger partial charge in [-0.05, 0) is 30.7 Å². The van der Waals surface area contributed by atoms with Gasteiger partial charge in [0.25, 0.3) is 0 Å². The lowest BCUT2D eigenvalue weighted by Crippen LogP contribution is -2.06. The van der Waals surface area contributed by atoms with Crippen LogP contribution in [0.3, 0.4) is 0 Å². The summed E-state index contributed by atoms with van der Waals surface area (Å²) in [6.07, 6.45) is 2.05. The number of aromatic nitrogens is 2. The van der Waals surface area contributed by atoms with E-state index in [1.807, 2.05) is 30.5 Å². The van der Waals surface area contributed by atoms with Gasteiger partial charge in [-0.1, -0.05) is 18.2 Å². The molecule has 18 heavy (non-hydrogen) atoms. The molecule has 1 aromatic carbocycles. The maximum atomic E-state index is 5.80. The summed E-state index contributed by atoms with van der Waals surface area (Å²) >= 11 is 0. The topological polar surface area (TPSA) is 26.5 Å². The molecule has 0 aliphatic carbocycles. The standard InChI is InChI=1S/C15H12N2O/c1-10-5-4-8-17-12-9-18-13-7-3-2-6-11(13)14(12)16-15(10)17/h2-8H,9H2,1H3. The number of rotatable bonds is 0. The predicted octanol–water partition coefficient (Wildman–Crippen LogP) is 3.20. The maximum absolute atomic E-state index is 5.80. The molecular formula is C15H12N2O. The zero-order chi connectivity index (χ0) is 12.1. The molecule has 0 saturated carbocycles. The summed E-state index contributed by atoms with van der Waals surface area (Å²) in [7, 11) is 0. The van der Waals surface area contributed by atoms with E-state index < -0.39 is 0 Å². The Kier molecular flexibility index (Phi) is 1.81. The minimum atomic E-state index is 0.580. The Balaban J connectivity index is 2.11. The van der Waals surface area contributed by atoms with E-state index in [9.17, 15) is 0 Å². The predicted molar refractivity (Wildman–Crippen MR) is 69.7 cm³/mol. The van der Waals surface area contributed by atoms with Gasteiger partial charge in [0.15, 0.2) is 0 Å². The Bertz CT molecular complexity index is 758. The number of ether oxygens (including phenoxy) is 1. The van der Waals surface area contributed by atoms with Crippen molar-refractivity contribution >= 4 is 5.65 Å². The molecule has 0 fully saturated rings. The Morgan fingerprint density at radius 2 is 2.06 bits per heavy atom. The zero-order valence-corrected chi connectivity index (χ0v) is 10.1. The third-order valence-corrected chi connectivity index (χ3v) is 3.45. The maximum Gasteiger partial charge on any atom is 0.140 e. The molecule has 0 saturated heterocycles. The molecule has 2 aromatic heterocycles. The molecule has 0 amide bonds. The number of fused-ring (bicyclic) bond motifs is 5. The van der Waals surface area contributed by atoms with Gasteiger partial charge in [0, 0.05) is 11.8 Å². The lowest BCUT2D eigenvalue weighted by molar-refractivity contribution is 0.296. The average molecular weight is 236 g/mol. The summed E-state index contributed by atoms with van der Waals surface area (Å²) in [6, 6.07) is 12.2. The fraction of sp³-hybridized carbons (Fsp3) is 0.133. The van der Waals surface area contributed by atoms with Crippen LogP contribution in [0.4, 0.5) is 0 Å². The van der Waals surface area contributed by atoms with Gasteiger partial charge in [-0.15, -0.1) is 0 Å². The van der Waals surface area contributed by atoms with Crippen LogP contribution in [0.2, 0.25) is 0 Å². The van der Waals surface area contributed by atoms with Crippen molar-refractivity contribution in [3.63, 3.8) is 0 Å². The average Bonchev–Trinajstić information content (AvgIpc) is 2.79. The van der Waals surface area contributed by atoms with Gasteiger partial charge in [-0.2, -0.15) is 0 Å². The number of pyridine rings is 1. The Hall–Kier alpha value is -2.29. The third kappa shape index (κ3) is 1.16. The van der Waals surface area contributed by atoms with Crippen molar-refractivity contribution in [2.24, 2.45) is 0 Å². The zero-order valence-electron chi connectivity index (χ0n) is 10.1. The molecule has 3 heteroatoms. The van der Waals surface area contributed by atoms with E-state index in [2.05, 4.69) is 23.5 Å². The van der Waals surface area contributed by atoms with E-state index in [1.165, 1.54) is 5.56 Å². The number of imidazole rings is 1. The highest BCUT2D eigenvalue weighted by Crippen LogP contribution is 2.37. The van der Waals surface area contributed by atoms with Crippen LogP contribution in [-0.4, -0.2) is 9.38 Å². The monoisotopic (exact) mass is 236 g/mol. The van der Waals surface area contributed by atoms with E-state index in [1.54, 1.807) is 0 Å². The molecule has 0 bridgehead atoms. The number of para-hydroxylation sites is 1. The highest BCUT2D eigenvalue weighted by Gasteiger charge is 2.22. The molecule has 88 valence electrons. The molecule has 0 unspecified atom stereocenters. The van der Waals surface area contributed by atoms with Crippen LogP contribution >= 0.6 is 0 Å². The molecule has 1 aliphatic heterocycles. The van der Waals surface area contributed by atoms with E-state index >= 15 is 0 Å². The van der Waals surface area contributed by atoms with Crippen LogP contribution in [0.15, 0.2) is 42.6 Å². The summed E-state index contributed by atoms with van der Waals surface area (Å²) < 4.78 is 7.92. The second-order valence-electron chi connectivity index (χ2n) is 4.58. The smallest absolute Gasteiger partial charge is 0.140 e. The largest absolute Gasteiger partial charge is 0.487 e. The van der Waals surface area contributed by atoms with E-state index in [4.69, 9.17) is 9.72 Å². The van der Waals surface area contributed by atoms with Gasteiger partial charge in [0.2, 0.25) is 0 Å². The fourth-order valence-corrected chi connectivity index (χ4v) is 2.54. The normalized spacial score (nSPS) is 12.9. The van der Waals surface area contributed by atoms with Crippen LogP contribution in [0.25, 0.3) is 16.9 Å². The van der Waals surface area contributed by atoms with Gasteiger partial charge in [0.1, 0.15) is 18.0 Å². The van der Waals surface area contributed by atoms with Crippen LogP contribution in [0, 0.1) is 6.92 Å². The molecule has 1 aliphatic rings. The molecular weight excluding hydrogens is 224 g/mol. The first-order chi connectivity index (χ1) is 8.84. The number of aryl methyl sites for hydroxylation is 1. The van der Waals surface area contributed by atoms with Crippen molar-refractivity contribution < 1.29 is 4.74 Å². The van der Waals surface area contributed by atoms with Crippen LogP contribution in [0.1, 0.15) is 11.3 Å². The molecule has 0 spiro atoms. The van der Waals surface area contributed by atoms with E-state index in [-0.39, 0.29) is 0 Å². The molecule has 3 nitrogen and oxygen atoms in total. The van der Waals surface area contributed by atoms with Crippen molar-refractivity contribution in [2.75, 3.05) is 0 Å². The molecule has 3 aromatic rings. The summed E-state index contributed by atoms with van der Waals surface area (Å²) in [5, 5.41) is 0. The molecule has 0 N–H and O–H groups in total. The first-order valence-corrected chi connectivity index (χ1v) is 6.03. The Morgan fingerprint density at radius 1 is 1.17 bits per heavy atom. The van der Waals surface area contributed by atoms with Gasteiger partial charge >= 0.3 is 0 Å². The van der Waals surface area contributed by atoms with Crippen molar-refractivity contribution in [3.8, 4) is 17.0 Å². The highest BCUT2D eigenvalue weighted by atomic mass is 16.5. The lowest BCUT2D eigenvalue weighted by Gasteiger charge is -2.16. The van der Waals surface area contributed by atoms with Gasteiger partial charge in [-0.3, -0.25) is 4.40 Å². The van der Waals surface area contributed by atoms with Gasteiger partial charge in [-0.25, -0.2) is 4.98 Å². The number of hydrogen-bond acceptors (Lipinski definition) is 2. The SMILES string of the molecule is Cc1cccn2c3c(nc12)-c1ccccc1OC3. The number of hydrogen-bond donors (Lipinski definition) is 0.